The molecule has 45 heavy (non-hydrogen) atoms. The van der Waals surface area contributed by atoms with Gasteiger partial charge in [-0.05, 0) is 63.4 Å². The first-order valence-corrected chi connectivity index (χ1v) is 15.8. The number of nitro groups is 1. The van der Waals surface area contributed by atoms with Crippen LogP contribution in [0.25, 0.3) is 0 Å². The molecule has 0 saturated carbocycles. The number of rotatable bonds is 9. The second-order valence-electron chi connectivity index (χ2n) is 11.1. The quantitative estimate of drug-likeness (QED) is 0.114. The molecule has 0 saturated heterocycles. The predicted molar refractivity (Wildman–Crippen MR) is 172 cm³/mol. The predicted octanol–water partition coefficient (Wildman–Crippen LogP) is 6.50. The molecule has 14 heteroatoms. The van der Waals surface area contributed by atoms with E-state index < -0.39 is 33.7 Å². The molecule has 0 spiro atoms. The summed E-state index contributed by atoms with van der Waals surface area (Å²) in [5.74, 6) is -1.39. The summed E-state index contributed by atoms with van der Waals surface area (Å²) < 4.78 is 10.5. The fourth-order valence-electron chi connectivity index (χ4n) is 4.58. The highest BCUT2D eigenvalue weighted by Gasteiger charge is 2.33. The number of benzene rings is 2. The smallest absolute Gasteiger partial charge is 0.410 e. The van der Waals surface area contributed by atoms with Crippen molar-refractivity contribution in [2.75, 3.05) is 24.3 Å². The van der Waals surface area contributed by atoms with E-state index in [2.05, 4.69) is 10.6 Å². The van der Waals surface area contributed by atoms with Gasteiger partial charge < -0.3 is 25.0 Å². The molecule has 12 nitrogen and oxygen atoms in total. The number of thioether (sulfide) groups is 1. The number of ether oxygens (including phenoxy) is 2. The Bertz CT molecular complexity index is 1630. The first-order chi connectivity index (χ1) is 21.3. The average Bonchev–Trinajstić information content (AvgIpc) is 3.35. The molecule has 0 radical (unpaired) electrons. The summed E-state index contributed by atoms with van der Waals surface area (Å²) >= 11 is 2.53. The van der Waals surface area contributed by atoms with Crippen molar-refractivity contribution in [3.05, 3.63) is 80.2 Å². The van der Waals surface area contributed by atoms with Gasteiger partial charge >= 0.3 is 12.1 Å². The molecule has 1 aliphatic rings. The van der Waals surface area contributed by atoms with Crippen LogP contribution in [-0.2, 0) is 27.2 Å². The van der Waals surface area contributed by atoms with E-state index in [1.165, 1.54) is 54.5 Å². The van der Waals surface area contributed by atoms with Crippen LogP contribution in [0, 0.1) is 10.1 Å². The number of amides is 3. The van der Waals surface area contributed by atoms with Gasteiger partial charge in [-0.3, -0.25) is 19.7 Å². The molecule has 3 aromatic rings. The average molecular weight is 655 g/mol. The molecule has 238 valence electrons. The topological polar surface area (TPSA) is 157 Å². The molecule has 0 bridgehead atoms. The molecule has 2 heterocycles. The molecule has 4 rings (SSSR count). The summed E-state index contributed by atoms with van der Waals surface area (Å²) in [5, 5.41) is 16.5. The number of hydrogen-bond donors (Lipinski definition) is 2. The van der Waals surface area contributed by atoms with Crippen molar-refractivity contribution in [3.8, 4) is 0 Å². The largest absolute Gasteiger partial charge is 0.465 e. The van der Waals surface area contributed by atoms with Crippen molar-refractivity contribution in [3.63, 3.8) is 0 Å². The van der Waals surface area contributed by atoms with E-state index in [0.29, 0.717) is 40.5 Å². The van der Waals surface area contributed by atoms with E-state index in [-0.39, 0.29) is 23.7 Å². The van der Waals surface area contributed by atoms with Gasteiger partial charge in [-0.15, -0.1) is 23.1 Å². The zero-order chi connectivity index (χ0) is 32.9. The number of non-ortho nitro benzene ring substituents is 1. The summed E-state index contributed by atoms with van der Waals surface area (Å²) in [6.07, 6.45) is 0.426. The van der Waals surface area contributed by atoms with Gasteiger partial charge in [-0.25, -0.2) is 9.59 Å². The van der Waals surface area contributed by atoms with Crippen molar-refractivity contribution < 1.29 is 33.6 Å². The van der Waals surface area contributed by atoms with Crippen LogP contribution in [0.4, 0.5) is 21.2 Å². The van der Waals surface area contributed by atoms with Crippen molar-refractivity contribution in [2.24, 2.45) is 0 Å². The first-order valence-electron chi connectivity index (χ1n) is 14.1. The first kappa shape index (κ1) is 33.5. The van der Waals surface area contributed by atoms with Crippen LogP contribution < -0.4 is 10.6 Å². The maximum atomic E-state index is 13.5. The minimum atomic E-state index is -0.647. The van der Waals surface area contributed by atoms with Crippen molar-refractivity contribution >= 4 is 63.4 Å². The number of nitro benzene ring substituents is 1. The lowest BCUT2D eigenvalue weighted by Gasteiger charge is -2.30. The number of carbonyl (C=O) groups is 4. The third kappa shape index (κ3) is 8.39. The highest BCUT2D eigenvalue weighted by atomic mass is 32.2. The highest BCUT2D eigenvalue weighted by Crippen LogP contribution is 2.39. The second kappa shape index (κ2) is 14.1. The van der Waals surface area contributed by atoms with Gasteiger partial charge in [-0.1, -0.05) is 19.1 Å². The maximum absolute atomic E-state index is 13.5. The second-order valence-corrected chi connectivity index (χ2v) is 13.5. The Morgan fingerprint density at radius 2 is 1.84 bits per heavy atom. The Hall–Kier alpha value is -4.43. The Balaban J connectivity index is 1.48. The number of nitrogens with one attached hydrogen (secondary N) is 2. The monoisotopic (exact) mass is 654 g/mol. The third-order valence-corrected chi connectivity index (χ3v) is 9.18. The van der Waals surface area contributed by atoms with Gasteiger partial charge in [0, 0.05) is 39.7 Å². The number of fused-ring (bicyclic) bond motifs is 1. The number of thiophene rings is 1. The lowest BCUT2D eigenvalue weighted by molar-refractivity contribution is -0.384. The maximum Gasteiger partial charge on any atom is 0.410 e. The van der Waals surface area contributed by atoms with Crippen LogP contribution in [0.15, 0.2) is 53.4 Å². The lowest BCUT2D eigenvalue weighted by Crippen LogP contribution is -2.39. The molecule has 1 atom stereocenters. The molecule has 1 unspecified atom stereocenters. The molecule has 2 N–H and O–H groups in total. The van der Waals surface area contributed by atoms with E-state index in [0.717, 1.165) is 10.4 Å². The van der Waals surface area contributed by atoms with Crippen LogP contribution in [0.3, 0.4) is 0 Å². The van der Waals surface area contributed by atoms with E-state index in [1.54, 1.807) is 49.9 Å². The minimum absolute atomic E-state index is 0.141. The van der Waals surface area contributed by atoms with Crippen molar-refractivity contribution in [1.82, 2.24) is 4.90 Å². The summed E-state index contributed by atoms with van der Waals surface area (Å²) in [6.45, 7) is 7.85. The fourth-order valence-corrected chi connectivity index (χ4v) is 6.85. The highest BCUT2D eigenvalue weighted by molar-refractivity contribution is 8.00. The van der Waals surface area contributed by atoms with Gasteiger partial charge in [-0.2, -0.15) is 0 Å². The molecular formula is C31H34N4O8S2. The Morgan fingerprint density at radius 3 is 2.51 bits per heavy atom. The summed E-state index contributed by atoms with van der Waals surface area (Å²) in [4.78, 5) is 65.3. The van der Waals surface area contributed by atoms with Crippen LogP contribution in [-0.4, -0.2) is 58.2 Å². The number of carbonyl (C=O) groups excluding carboxylic acids is 4. The zero-order valence-corrected chi connectivity index (χ0v) is 27.1. The van der Waals surface area contributed by atoms with E-state index in [9.17, 15) is 29.3 Å². The summed E-state index contributed by atoms with van der Waals surface area (Å²) in [6, 6.07) is 12.4. The normalized spacial score (nSPS) is 13.3. The number of methoxy groups -OCH3 is 1. The van der Waals surface area contributed by atoms with Crippen LogP contribution in [0.2, 0.25) is 0 Å². The Morgan fingerprint density at radius 1 is 1.11 bits per heavy atom. The van der Waals surface area contributed by atoms with Crippen LogP contribution in [0.5, 0.6) is 0 Å². The van der Waals surface area contributed by atoms with Gasteiger partial charge in [0.15, 0.2) is 0 Å². The van der Waals surface area contributed by atoms with E-state index in [1.807, 2.05) is 6.92 Å². The number of nitrogens with zero attached hydrogens (tertiary/aromatic N) is 2. The van der Waals surface area contributed by atoms with Crippen LogP contribution in [0.1, 0.15) is 65.3 Å². The molecule has 3 amide bonds. The number of hydrogen-bond acceptors (Lipinski definition) is 10. The summed E-state index contributed by atoms with van der Waals surface area (Å²) in [7, 11) is 1.28. The minimum Gasteiger partial charge on any atom is -0.465 e. The fraction of sp³-hybridized carbons (Fsp3) is 0.355. The zero-order valence-electron chi connectivity index (χ0n) is 25.5. The molecule has 2 aromatic carbocycles. The molecule has 1 aliphatic heterocycles. The Labute approximate surface area is 268 Å². The molecular weight excluding hydrogens is 620 g/mol. The van der Waals surface area contributed by atoms with Gasteiger partial charge in [0.25, 0.3) is 11.6 Å². The standard InChI is InChI=1S/C31H34N4O8S2/c1-6-23(44-21-12-8-10-19(16-21)32-26(36)18-9-7-11-20(15-18)35(40)41)27(37)33-28-25(29(38)42-5)22-13-14-34(17-24(22)45-28)30(39)43-31(2,3)4/h7-12,15-16,23H,6,13-14,17H2,1-5H3,(H,32,36)(H,33,37). The molecule has 1 aromatic heterocycles. The van der Waals surface area contributed by atoms with Crippen molar-refractivity contribution in [2.45, 2.75) is 62.8 Å². The third-order valence-electron chi connectivity index (χ3n) is 6.69. The molecule has 0 aliphatic carbocycles. The number of esters is 1. The summed E-state index contributed by atoms with van der Waals surface area (Å²) in [5.41, 5.74) is 0.801. The van der Waals surface area contributed by atoms with E-state index >= 15 is 0 Å². The lowest BCUT2D eigenvalue weighted by atomic mass is 10.0. The van der Waals surface area contributed by atoms with Crippen LogP contribution >= 0.6 is 23.1 Å². The Kier molecular flexibility index (Phi) is 10.5. The van der Waals surface area contributed by atoms with Crippen molar-refractivity contribution in [1.29, 1.82) is 0 Å². The van der Waals surface area contributed by atoms with Gasteiger partial charge in [0.2, 0.25) is 5.91 Å². The number of anilines is 2. The van der Waals surface area contributed by atoms with Gasteiger partial charge in [0.1, 0.15) is 10.6 Å². The van der Waals surface area contributed by atoms with Gasteiger partial charge in [0.05, 0.1) is 29.4 Å². The van der Waals surface area contributed by atoms with E-state index in [4.69, 9.17) is 9.47 Å². The SMILES string of the molecule is CCC(Sc1cccc(NC(=O)c2cccc([N+](=O)[O-])c2)c1)C(=O)Nc1sc2c(c1C(=O)OC)CCN(C(=O)OC(C)(C)C)C2. The molecule has 0 fully saturated rings.